The number of unbranched alkanes of at least 4 members (excludes halogenated alkanes) is 1. The molecule has 4 bridgehead atoms. The predicted octanol–water partition coefficient (Wildman–Crippen LogP) is 8.26. The molecule has 3 aromatic rings. The van der Waals surface area contributed by atoms with Crippen LogP contribution in [0.2, 0.25) is 0 Å². The quantitative estimate of drug-likeness (QED) is 0.317. The molecule has 1 heterocycles. The van der Waals surface area contributed by atoms with Crippen molar-refractivity contribution in [2.45, 2.75) is 102 Å². The van der Waals surface area contributed by atoms with Gasteiger partial charge in [-0.3, -0.25) is 0 Å². The van der Waals surface area contributed by atoms with Gasteiger partial charge in [-0.15, -0.1) is 0 Å². The van der Waals surface area contributed by atoms with Crippen LogP contribution in [0.5, 0.6) is 0 Å². The molecule has 5 saturated carbocycles. The zero-order valence-electron chi connectivity index (χ0n) is 23.5. The van der Waals surface area contributed by atoms with Crippen molar-refractivity contribution in [3.05, 3.63) is 58.9 Å². The highest BCUT2D eigenvalue weighted by atomic mass is 15.1. The van der Waals surface area contributed by atoms with Gasteiger partial charge in [0.05, 0.1) is 7.05 Å². The maximum Gasteiger partial charge on any atom is 0.249 e. The Hall–Kier alpha value is -2.09. The van der Waals surface area contributed by atoms with Gasteiger partial charge in [0.15, 0.2) is 11.0 Å². The minimum absolute atomic E-state index is 0.638. The van der Waals surface area contributed by atoms with E-state index in [1.54, 1.807) is 28.7 Å². The maximum atomic E-state index is 2.66. The van der Waals surface area contributed by atoms with E-state index in [2.05, 4.69) is 66.7 Å². The van der Waals surface area contributed by atoms with Crippen LogP contribution in [-0.4, -0.2) is 4.57 Å². The molecule has 7 aliphatic rings. The molecule has 196 valence electrons. The van der Waals surface area contributed by atoms with Crippen molar-refractivity contribution in [3.8, 4) is 5.69 Å². The van der Waals surface area contributed by atoms with Gasteiger partial charge in [-0.25, -0.2) is 4.57 Å². The fourth-order valence-electron chi connectivity index (χ4n) is 12.1. The van der Waals surface area contributed by atoms with Crippen molar-refractivity contribution in [1.82, 2.24) is 4.57 Å². The lowest BCUT2D eigenvalue weighted by molar-refractivity contribution is -0.645. The van der Waals surface area contributed by atoms with Crippen molar-refractivity contribution in [2.75, 3.05) is 0 Å². The predicted molar refractivity (Wildman–Crippen MR) is 152 cm³/mol. The van der Waals surface area contributed by atoms with Crippen molar-refractivity contribution in [2.24, 2.45) is 41.5 Å². The van der Waals surface area contributed by atoms with Crippen LogP contribution in [0, 0.1) is 34.5 Å². The lowest BCUT2D eigenvalue weighted by atomic mass is 9.59. The van der Waals surface area contributed by atoms with Crippen LogP contribution in [-0.2, 0) is 7.05 Å². The molecule has 10 atom stereocenters. The SMILES string of the molecule is CCCCC1C(C)CC23CC1c1ccc(-n4c[n+](C)c5cc6c(cc54)C4CC5CC7(CC67)C5C4)cc1C2C3. The number of imidazole rings is 1. The highest BCUT2D eigenvalue weighted by molar-refractivity contribution is 5.78. The summed E-state index contributed by atoms with van der Waals surface area (Å²) in [6.07, 6.45) is 16.9. The second kappa shape index (κ2) is 6.79. The fourth-order valence-corrected chi connectivity index (χ4v) is 12.1. The molecule has 0 radical (unpaired) electrons. The topological polar surface area (TPSA) is 8.81 Å². The third-order valence-corrected chi connectivity index (χ3v) is 13.9. The van der Waals surface area contributed by atoms with Crippen LogP contribution >= 0.6 is 0 Å². The van der Waals surface area contributed by atoms with Crippen molar-refractivity contribution < 1.29 is 4.57 Å². The molecule has 10 unspecified atom stereocenters. The Morgan fingerprint density at radius 3 is 2.71 bits per heavy atom. The van der Waals surface area contributed by atoms with E-state index in [4.69, 9.17) is 0 Å². The average Bonchev–Trinajstić information content (AvgIpc) is 3.75. The fraction of sp³-hybridized carbons (Fsp3) is 0.639. The summed E-state index contributed by atoms with van der Waals surface area (Å²) in [5, 5.41) is 0. The van der Waals surface area contributed by atoms with E-state index in [0.29, 0.717) is 5.41 Å². The second-order valence-electron chi connectivity index (χ2n) is 15.5. The molecule has 38 heavy (non-hydrogen) atoms. The molecule has 2 nitrogen and oxygen atoms in total. The maximum absolute atomic E-state index is 2.66. The van der Waals surface area contributed by atoms with E-state index in [9.17, 15) is 0 Å². The largest absolute Gasteiger partial charge is 0.249 e. The van der Waals surface area contributed by atoms with Gasteiger partial charge in [0, 0.05) is 0 Å². The Balaban J connectivity index is 1.09. The molecule has 0 N–H and O–H groups in total. The van der Waals surface area contributed by atoms with Crippen LogP contribution in [0.15, 0.2) is 36.7 Å². The Kier molecular flexibility index (Phi) is 3.88. The Bertz CT molecular complexity index is 1540. The molecule has 2 spiro atoms. The van der Waals surface area contributed by atoms with Gasteiger partial charge in [0.25, 0.3) is 0 Å². The number of nitrogens with zero attached hydrogens (tertiary/aromatic N) is 2. The number of hydrogen-bond donors (Lipinski definition) is 0. The highest BCUT2D eigenvalue weighted by Crippen LogP contribution is 2.82. The third-order valence-electron chi connectivity index (χ3n) is 13.9. The van der Waals surface area contributed by atoms with E-state index >= 15 is 0 Å². The first-order chi connectivity index (χ1) is 18.5. The van der Waals surface area contributed by atoms with Gasteiger partial charge in [0.2, 0.25) is 6.33 Å². The van der Waals surface area contributed by atoms with Gasteiger partial charge < -0.3 is 0 Å². The minimum atomic E-state index is 0.638. The Labute approximate surface area is 227 Å². The number of aromatic nitrogens is 2. The molecular weight excluding hydrogens is 460 g/mol. The zero-order chi connectivity index (χ0) is 25.1. The van der Waals surface area contributed by atoms with E-state index < -0.39 is 0 Å². The van der Waals surface area contributed by atoms with Crippen LogP contribution in [0.4, 0.5) is 0 Å². The molecule has 1 aromatic heterocycles. The van der Waals surface area contributed by atoms with Gasteiger partial charge in [-0.2, -0.15) is 4.57 Å². The number of fused-ring (bicyclic) bond motifs is 9. The first-order valence-electron chi connectivity index (χ1n) is 16.2. The Morgan fingerprint density at radius 2 is 1.82 bits per heavy atom. The summed E-state index contributed by atoms with van der Waals surface area (Å²) < 4.78 is 4.96. The van der Waals surface area contributed by atoms with Gasteiger partial charge in [-0.05, 0) is 156 Å². The number of hydrogen-bond acceptors (Lipinski definition) is 0. The zero-order valence-corrected chi connectivity index (χ0v) is 23.5. The van der Waals surface area contributed by atoms with E-state index in [1.165, 1.54) is 74.5 Å². The van der Waals surface area contributed by atoms with Gasteiger partial charge >= 0.3 is 0 Å². The standard InChI is InChI=1S/C36H43N2/c1-4-5-6-24-20(2)14-35-16-29(24)25-8-7-23(11-27(25)31(35)17-35)38-19-37(3)33-13-28-26(12-34(33)38)21-9-22-15-36(18-32(28)36)30(22)10-21/h7-8,11-13,19-22,24,29-32H,4-6,9-10,14-18H2,1-3H3/q+1. The van der Waals surface area contributed by atoms with Crippen LogP contribution in [0.1, 0.15) is 124 Å². The number of aryl methyl sites for hydroxylation is 1. The normalized spacial score (nSPS) is 44.0. The van der Waals surface area contributed by atoms with Crippen molar-refractivity contribution >= 4 is 11.0 Å². The van der Waals surface area contributed by atoms with E-state index in [0.717, 1.165) is 52.8 Å². The summed E-state index contributed by atoms with van der Waals surface area (Å²) >= 11 is 0. The third kappa shape index (κ3) is 2.47. The van der Waals surface area contributed by atoms with Gasteiger partial charge in [-0.1, -0.05) is 32.8 Å². The molecule has 2 aromatic carbocycles. The van der Waals surface area contributed by atoms with Crippen molar-refractivity contribution in [1.29, 1.82) is 0 Å². The van der Waals surface area contributed by atoms with Crippen LogP contribution < -0.4 is 4.57 Å². The summed E-state index contributed by atoms with van der Waals surface area (Å²) in [5.74, 6) is 7.20. The average molecular weight is 504 g/mol. The highest BCUT2D eigenvalue weighted by Gasteiger charge is 2.72. The number of benzene rings is 2. The van der Waals surface area contributed by atoms with E-state index in [1.807, 2.05) is 0 Å². The lowest BCUT2D eigenvalue weighted by Crippen LogP contribution is -2.35. The first-order valence-corrected chi connectivity index (χ1v) is 16.2. The molecule has 5 fully saturated rings. The molecule has 0 aliphatic heterocycles. The van der Waals surface area contributed by atoms with Crippen LogP contribution in [0.25, 0.3) is 16.7 Å². The monoisotopic (exact) mass is 503 g/mol. The second-order valence-corrected chi connectivity index (χ2v) is 15.5. The molecular formula is C36H43N2+. The summed E-state index contributed by atoms with van der Waals surface area (Å²) in [5.41, 5.74) is 12.6. The van der Waals surface area contributed by atoms with Crippen molar-refractivity contribution in [3.63, 3.8) is 0 Å². The molecule has 2 heteroatoms. The summed E-state index contributed by atoms with van der Waals surface area (Å²) in [7, 11) is 2.27. The minimum Gasteiger partial charge on any atom is -0.232 e. The molecule has 0 amide bonds. The Morgan fingerprint density at radius 1 is 0.921 bits per heavy atom. The molecule has 10 rings (SSSR count). The summed E-state index contributed by atoms with van der Waals surface area (Å²) in [6.45, 7) is 4.95. The summed E-state index contributed by atoms with van der Waals surface area (Å²) in [4.78, 5) is 0. The summed E-state index contributed by atoms with van der Waals surface area (Å²) in [6, 6.07) is 13.0. The lowest BCUT2D eigenvalue weighted by Gasteiger charge is -2.46. The first kappa shape index (κ1) is 21.7. The smallest absolute Gasteiger partial charge is 0.232 e. The number of rotatable bonds is 4. The van der Waals surface area contributed by atoms with Crippen LogP contribution in [0.3, 0.4) is 0 Å². The molecule has 7 aliphatic carbocycles. The van der Waals surface area contributed by atoms with Gasteiger partial charge in [0.1, 0.15) is 5.69 Å². The molecule has 0 saturated heterocycles. The van der Waals surface area contributed by atoms with E-state index in [-0.39, 0.29) is 0 Å².